The van der Waals surface area contributed by atoms with Crippen molar-refractivity contribution in [2.45, 2.75) is 37.2 Å². The van der Waals surface area contributed by atoms with E-state index in [1.807, 2.05) is 24.3 Å². The number of carbonyl (C=O) groups is 1. The first-order valence-corrected chi connectivity index (χ1v) is 12.9. The minimum Gasteiger partial charge on any atom is -0.395 e. The Morgan fingerprint density at radius 1 is 1.07 bits per heavy atom. The summed E-state index contributed by atoms with van der Waals surface area (Å²) in [6.07, 6.45) is -4.11. The number of aliphatic hydroxyl groups is 2. The predicted octanol–water partition coefficient (Wildman–Crippen LogP) is 4.88. The van der Waals surface area contributed by atoms with Crippen LogP contribution in [0.25, 0.3) is 5.69 Å². The topological polar surface area (TPSA) is 123 Å². The number of benzene rings is 3. The third kappa shape index (κ3) is 6.15. The van der Waals surface area contributed by atoms with Crippen molar-refractivity contribution in [1.29, 1.82) is 5.26 Å². The van der Waals surface area contributed by atoms with Crippen LogP contribution in [0.5, 0.6) is 0 Å². The molecular formula is C30H26F3N5O3. The quantitative estimate of drug-likeness (QED) is 0.255. The number of nitrogens with zero attached hydrogens (tertiary/aromatic N) is 3. The van der Waals surface area contributed by atoms with Gasteiger partial charge in [-0.15, -0.1) is 0 Å². The van der Waals surface area contributed by atoms with Crippen LogP contribution in [0, 0.1) is 11.3 Å². The highest BCUT2D eigenvalue weighted by molar-refractivity contribution is 6.03. The number of rotatable bonds is 7. The summed E-state index contributed by atoms with van der Waals surface area (Å²) in [5.41, 5.74) is 1.03. The fourth-order valence-electron chi connectivity index (χ4n) is 4.93. The van der Waals surface area contributed by atoms with E-state index in [0.29, 0.717) is 17.2 Å². The van der Waals surface area contributed by atoms with Gasteiger partial charge in [0, 0.05) is 23.8 Å². The van der Waals surface area contributed by atoms with E-state index in [1.54, 1.807) is 30.3 Å². The lowest BCUT2D eigenvalue weighted by molar-refractivity contribution is -0.141. The van der Waals surface area contributed by atoms with Gasteiger partial charge in [0.15, 0.2) is 5.69 Å². The number of nitrogens with one attached hydrogen (secondary N) is 2. The zero-order chi connectivity index (χ0) is 29.1. The van der Waals surface area contributed by atoms with Crippen molar-refractivity contribution in [2.24, 2.45) is 0 Å². The van der Waals surface area contributed by atoms with Crippen molar-refractivity contribution in [3.8, 4) is 11.8 Å². The molecule has 1 aromatic heterocycles. The molecule has 1 fully saturated rings. The van der Waals surface area contributed by atoms with Gasteiger partial charge in [0.1, 0.15) is 11.8 Å². The van der Waals surface area contributed by atoms with Crippen LogP contribution in [0.1, 0.15) is 63.4 Å². The second-order valence-corrected chi connectivity index (χ2v) is 9.81. The third-order valence-electron chi connectivity index (χ3n) is 7.00. The van der Waals surface area contributed by atoms with E-state index in [2.05, 4.69) is 15.7 Å². The molecule has 8 nitrogen and oxygen atoms in total. The average molecular weight is 562 g/mol. The minimum atomic E-state index is -4.79. The Kier molecular flexibility index (Phi) is 7.90. The van der Waals surface area contributed by atoms with E-state index in [9.17, 15) is 33.4 Å². The van der Waals surface area contributed by atoms with Crippen LogP contribution >= 0.6 is 0 Å². The molecule has 3 atom stereocenters. The number of alkyl halides is 3. The van der Waals surface area contributed by atoms with Crippen molar-refractivity contribution < 1.29 is 28.2 Å². The molecule has 0 aliphatic carbocycles. The van der Waals surface area contributed by atoms with E-state index < -0.39 is 23.9 Å². The lowest BCUT2D eigenvalue weighted by atomic mass is 9.96. The SMILES string of the molecule is N#Cc1cccc(-n2nc(C(F)(F)F)cc2C(=O)Nc2cccc(C(O)c3cccc(C4CCC(CO)N4)c3)c2)c1. The molecule has 0 radical (unpaired) electrons. The van der Waals surface area contributed by atoms with Crippen LogP contribution < -0.4 is 10.6 Å². The molecule has 4 aromatic rings. The number of hydrogen-bond acceptors (Lipinski definition) is 6. The molecule has 41 heavy (non-hydrogen) atoms. The normalized spacial score (nSPS) is 17.7. The zero-order valence-corrected chi connectivity index (χ0v) is 21.6. The molecule has 1 aliphatic heterocycles. The van der Waals surface area contributed by atoms with Crippen LogP contribution in [0.15, 0.2) is 78.9 Å². The van der Waals surface area contributed by atoms with E-state index >= 15 is 0 Å². The van der Waals surface area contributed by atoms with Crippen molar-refractivity contribution in [2.75, 3.05) is 11.9 Å². The molecule has 3 unspecified atom stereocenters. The highest BCUT2D eigenvalue weighted by Gasteiger charge is 2.36. The van der Waals surface area contributed by atoms with Crippen LogP contribution in [-0.4, -0.2) is 38.5 Å². The van der Waals surface area contributed by atoms with Gasteiger partial charge in [-0.05, 0) is 59.9 Å². The molecular weight excluding hydrogens is 535 g/mol. The maximum absolute atomic E-state index is 13.5. The Morgan fingerprint density at radius 2 is 1.80 bits per heavy atom. The molecule has 1 aliphatic rings. The van der Waals surface area contributed by atoms with Crippen LogP contribution in [0.3, 0.4) is 0 Å². The number of aromatic nitrogens is 2. The maximum atomic E-state index is 13.5. The Balaban J connectivity index is 1.39. The summed E-state index contributed by atoms with van der Waals surface area (Å²) in [6, 6.07) is 22.3. The standard InChI is InChI=1S/C30H26F3N5O3/c31-30(32,33)27-15-26(38(37-27)24-9-1-4-18(12-24)16-34)29(41)36-22-8-3-7-21(14-22)28(40)20-6-2-5-19(13-20)25-11-10-23(17-39)35-25/h1-9,12-15,23,25,28,35,39-40H,10-11,17H2,(H,36,41). The van der Waals surface area contributed by atoms with Gasteiger partial charge in [-0.2, -0.15) is 23.5 Å². The Labute approximate surface area is 233 Å². The summed E-state index contributed by atoms with van der Waals surface area (Å²) in [5.74, 6) is -0.852. The van der Waals surface area contributed by atoms with E-state index in [-0.39, 0.29) is 41.3 Å². The molecule has 0 spiro atoms. The summed E-state index contributed by atoms with van der Waals surface area (Å²) in [7, 11) is 0. The second-order valence-electron chi connectivity index (χ2n) is 9.81. The highest BCUT2D eigenvalue weighted by atomic mass is 19.4. The third-order valence-corrected chi connectivity index (χ3v) is 7.00. The highest BCUT2D eigenvalue weighted by Crippen LogP contribution is 2.32. The minimum absolute atomic E-state index is 0.0349. The number of amides is 1. The first-order valence-electron chi connectivity index (χ1n) is 12.9. The smallest absolute Gasteiger partial charge is 0.395 e. The largest absolute Gasteiger partial charge is 0.435 e. The van der Waals surface area contributed by atoms with Crippen LogP contribution in [0.4, 0.5) is 18.9 Å². The van der Waals surface area contributed by atoms with Crippen LogP contribution in [-0.2, 0) is 6.18 Å². The van der Waals surface area contributed by atoms with Gasteiger partial charge in [0.05, 0.1) is 23.9 Å². The lowest BCUT2D eigenvalue weighted by Crippen LogP contribution is -2.27. The molecule has 210 valence electrons. The van der Waals surface area contributed by atoms with Crippen molar-refractivity contribution in [3.05, 3.63) is 113 Å². The van der Waals surface area contributed by atoms with Gasteiger partial charge in [-0.1, -0.05) is 42.5 Å². The van der Waals surface area contributed by atoms with Gasteiger partial charge < -0.3 is 20.8 Å². The Bertz CT molecular complexity index is 1610. The van der Waals surface area contributed by atoms with Gasteiger partial charge in [0.25, 0.3) is 5.91 Å². The van der Waals surface area contributed by atoms with Crippen molar-refractivity contribution >= 4 is 11.6 Å². The second kappa shape index (κ2) is 11.5. The molecule has 3 aromatic carbocycles. The van der Waals surface area contributed by atoms with Crippen molar-refractivity contribution in [1.82, 2.24) is 15.1 Å². The van der Waals surface area contributed by atoms with Gasteiger partial charge in [-0.25, -0.2) is 4.68 Å². The number of anilines is 1. The lowest BCUT2D eigenvalue weighted by Gasteiger charge is -2.17. The van der Waals surface area contributed by atoms with E-state index in [0.717, 1.165) is 23.1 Å². The maximum Gasteiger partial charge on any atom is 0.435 e. The summed E-state index contributed by atoms with van der Waals surface area (Å²) in [6.45, 7) is 0.0574. The molecule has 4 N–H and O–H groups in total. The van der Waals surface area contributed by atoms with Gasteiger partial charge >= 0.3 is 6.18 Å². The van der Waals surface area contributed by atoms with Crippen molar-refractivity contribution in [3.63, 3.8) is 0 Å². The number of hydrogen-bond donors (Lipinski definition) is 4. The molecule has 0 bridgehead atoms. The number of nitriles is 1. The average Bonchev–Trinajstić information content (AvgIpc) is 3.65. The fraction of sp³-hybridized carbons (Fsp3) is 0.233. The molecule has 0 saturated carbocycles. The van der Waals surface area contributed by atoms with E-state index in [1.165, 1.54) is 24.3 Å². The number of aliphatic hydroxyl groups excluding tert-OH is 2. The Morgan fingerprint density at radius 3 is 2.51 bits per heavy atom. The monoisotopic (exact) mass is 561 g/mol. The summed E-state index contributed by atoms with van der Waals surface area (Å²) < 4.78 is 41.3. The summed E-state index contributed by atoms with van der Waals surface area (Å²) in [5, 5.41) is 39.3. The van der Waals surface area contributed by atoms with Gasteiger partial charge in [-0.3, -0.25) is 4.79 Å². The number of carbonyl (C=O) groups excluding carboxylic acids is 1. The first-order chi connectivity index (χ1) is 19.7. The molecule has 1 amide bonds. The summed E-state index contributed by atoms with van der Waals surface area (Å²) >= 11 is 0. The zero-order valence-electron chi connectivity index (χ0n) is 21.6. The fourth-order valence-corrected chi connectivity index (χ4v) is 4.93. The molecule has 1 saturated heterocycles. The predicted molar refractivity (Wildman–Crippen MR) is 144 cm³/mol. The first kappa shape index (κ1) is 28.0. The Hall–Kier alpha value is -4.50. The van der Waals surface area contributed by atoms with Crippen LogP contribution in [0.2, 0.25) is 0 Å². The molecule has 11 heteroatoms. The molecule has 5 rings (SSSR count). The summed E-state index contributed by atoms with van der Waals surface area (Å²) in [4.78, 5) is 13.2. The van der Waals surface area contributed by atoms with E-state index in [4.69, 9.17) is 0 Å². The number of halogens is 3. The molecule has 2 heterocycles. The van der Waals surface area contributed by atoms with Gasteiger partial charge in [0.2, 0.25) is 0 Å².